The Balaban J connectivity index is 1.31. The van der Waals surface area contributed by atoms with Gasteiger partial charge in [0.25, 0.3) is 0 Å². The SMILES string of the molecule is CC(C)C1CCN(CC2CC(N3CCC(C(C)C)CC3)C2)CC1. The smallest absolute Gasteiger partial charge is 0.0101 e. The Morgan fingerprint density at radius 1 is 0.739 bits per heavy atom. The zero-order valence-corrected chi connectivity index (χ0v) is 16.1. The highest BCUT2D eigenvalue weighted by Crippen LogP contribution is 2.36. The fraction of sp³-hybridized carbons (Fsp3) is 1.00. The monoisotopic (exact) mass is 320 g/mol. The van der Waals surface area contributed by atoms with Gasteiger partial charge in [0.05, 0.1) is 0 Å². The molecule has 1 aliphatic carbocycles. The van der Waals surface area contributed by atoms with Crippen LogP contribution in [0.5, 0.6) is 0 Å². The fourth-order valence-electron chi connectivity index (χ4n) is 5.27. The highest BCUT2D eigenvalue weighted by atomic mass is 15.2. The normalized spacial score (nSPS) is 32.6. The Morgan fingerprint density at radius 3 is 1.70 bits per heavy atom. The molecular weight excluding hydrogens is 280 g/mol. The molecule has 0 radical (unpaired) electrons. The van der Waals surface area contributed by atoms with Gasteiger partial charge in [0.1, 0.15) is 0 Å². The molecule has 0 amide bonds. The van der Waals surface area contributed by atoms with E-state index in [1.807, 2.05) is 0 Å². The van der Waals surface area contributed by atoms with Crippen LogP contribution in [0, 0.1) is 29.6 Å². The summed E-state index contributed by atoms with van der Waals surface area (Å²) in [4.78, 5) is 5.59. The molecule has 0 aromatic rings. The second-order valence-corrected chi connectivity index (χ2v) is 9.49. The van der Waals surface area contributed by atoms with Crippen LogP contribution < -0.4 is 0 Å². The molecule has 0 N–H and O–H groups in total. The molecule has 1 saturated carbocycles. The van der Waals surface area contributed by atoms with Crippen LogP contribution in [0.15, 0.2) is 0 Å². The second kappa shape index (κ2) is 7.87. The van der Waals surface area contributed by atoms with E-state index in [0.717, 1.165) is 35.6 Å². The van der Waals surface area contributed by atoms with Crippen LogP contribution >= 0.6 is 0 Å². The van der Waals surface area contributed by atoms with Crippen molar-refractivity contribution in [1.29, 1.82) is 0 Å². The fourth-order valence-corrected chi connectivity index (χ4v) is 5.27. The van der Waals surface area contributed by atoms with E-state index in [9.17, 15) is 0 Å². The molecule has 2 nitrogen and oxygen atoms in total. The van der Waals surface area contributed by atoms with Crippen molar-refractivity contribution in [3.8, 4) is 0 Å². The van der Waals surface area contributed by atoms with Gasteiger partial charge in [-0.3, -0.25) is 0 Å². The summed E-state index contributed by atoms with van der Waals surface area (Å²) in [6, 6.07) is 0.932. The molecular formula is C21H40N2. The minimum atomic E-state index is 0.888. The van der Waals surface area contributed by atoms with Gasteiger partial charge in [-0.05, 0) is 94.3 Å². The molecule has 2 aliphatic heterocycles. The Morgan fingerprint density at radius 2 is 1.22 bits per heavy atom. The molecule has 134 valence electrons. The van der Waals surface area contributed by atoms with Crippen LogP contribution in [0.4, 0.5) is 0 Å². The maximum atomic E-state index is 2.82. The molecule has 3 aliphatic rings. The van der Waals surface area contributed by atoms with Gasteiger partial charge in [-0.25, -0.2) is 0 Å². The zero-order valence-electron chi connectivity index (χ0n) is 16.1. The minimum Gasteiger partial charge on any atom is -0.303 e. The summed E-state index contributed by atoms with van der Waals surface area (Å²) < 4.78 is 0. The third-order valence-corrected chi connectivity index (χ3v) is 7.34. The first-order valence-electron chi connectivity index (χ1n) is 10.5. The van der Waals surface area contributed by atoms with Crippen molar-refractivity contribution in [2.45, 2.75) is 72.3 Å². The lowest BCUT2D eigenvalue weighted by Gasteiger charge is -2.48. The number of piperidine rings is 2. The zero-order chi connectivity index (χ0) is 16.4. The molecule has 0 aromatic carbocycles. The summed E-state index contributed by atoms with van der Waals surface area (Å²) >= 11 is 0. The van der Waals surface area contributed by atoms with Gasteiger partial charge < -0.3 is 9.80 Å². The molecule has 2 heterocycles. The van der Waals surface area contributed by atoms with E-state index in [-0.39, 0.29) is 0 Å². The average Bonchev–Trinajstić information content (AvgIpc) is 2.51. The van der Waals surface area contributed by atoms with E-state index in [4.69, 9.17) is 0 Å². The van der Waals surface area contributed by atoms with Crippen molar-refractivity contribution in [2.24, 2.45) is 29.6 Å². The minimum absolute atomic E-state index is 0.888. The van der Waals surface area contributed by atoms with Gasteiger partial charge in [0.15, 0.2) is 0 Å². The standard InChI is InChI=1S/C21H40N2/c1-16(2)19-5-9-22(10-6-19)15-18-13-21(14-18)23-11-7-20(8-12-23)17(3)4/h16-21H,5-15H2,1-4H3. The average molecular weight is 321 g/mol. The van der Waals surface area contributed by atoms with Gasteiger partial charge in [0.2, 0.25) is 0 Å². The number of rotatable bonds is 5. The maximum Gasteiger partial charge on any atom is 0.0101 e. The Kier molecular flexibility index (Phi) is 6.07. The van der Waals surface area contributed by atoms with Gasteiger partial charge in [-0.1, -0.05) is 27.7 Å². The quantitative estimate of drug-likeness (QED) is 0.736. The molecule has 0 atom stereocenters. The Labute approximate surface area is 145 Å². The summed E-state index contributed by atoms with van der Waals surface area (Å²) in [6.07, 6.45) is 8.74. The highest BCUT2D eigenvalue weighted by Gasteiger charge is 2.36. The van der Waals surface area contributed by atoms with Crippen molar-refractivity contribution >= 4 is 0 Å². The van der Waals surface area contributed by atoms with Crippen LogP contribution in [-0.2, 0) is 0 Å². The van der Waals surface area contributed by atoms with Crippen molar-refractivity contribution in [1.82, 2.24) is 9.80 Å². The molecule has 0 bridgehead atoms. The van der Waals surface area contributed by atoms with E-state index >= 15 is 0 Å². The number of hydrogen-bond acceptors (Lipinski definition) is 2. The first-order valence-corrected chi connectivity index (χ1v) is 10.5. The van der Waals surface area contributed by atoms with Crippen molar-refractivity contribution < 1.29 is 0 Å². The molecule has 3 fully saturated rings. The summed E-state index contributed by atoms with van der Waals surface area (Å²) in [5, 5.41) is 0. The van der Waals surface area contributed by atoms with Crippen LogP contribution in [0.1, 0.15) is 66.2 Å². The molecule has 0 unspecified atom stereocenters. The third-order valence-electron chi connectivity index (χ3n) is 7.34. The van der Waals surface area contributed by atoms with Crippen LogP contribution in [0.25, 0.3) is 0 Å². The van der Waals surface area contributed by atoms with Crippen LogP contribution in [0.3, 0.4) is 0 Å². The Hall–Kier alpha value is -0.0800. The van der Waals surface area contributed by atoms with Crippen molar-refractivity contribution in [2.75, 3.05) is 32.7 Å². The predicted molar refractivity (Wildman–Crippen MR) is 99.6 cm³/mol. The van der Waals surface area contributed by atoms with Gasteiger partial charge in [-0.15, -0.1) is 0 Å². The lowest BCUT2D eigenvalue weighted by molar-refractivity contribution is 0.0214. The van der Waals surface area contributed by atoms with Gasteiger partial charge in [-0.2, -0.15) is 0 Å². The molecule has 0 aromatic heterocycles. The van der Waals surface area contributed by atoms with Crippen molar-refractivity contribution in [3.05, 3.63) is 0 Å². The van der Waals surface area contributed by atoms with Gasteiger partial charge in [0, 0.05) is 12.6 Å². The highest BCUT2D eigenvalue weighted by molar-refractivity contribution is 4.91. The number of likely N-dealkylation sites (tertiary alicyclic amines) is 2. The summed E-state index contributed by atoms with van der Waals surface area (Å²) in [5.74, 6) is 4.75. The van der Waals surface area contributed by atoms with E-state index in [2.05, 4.69) is 37.5 Å². The lowest BCUT2D eigenvalue weighted by atomic mass is 9.76. The Bertz CT molecular complexity index is 343. The third kappa shape index (κ3) is 4.51. The van der Waals surface area contributed by atoms with E-state index in [1.54, 1.807) is 0 Å². The van der Waals surface area contributed by atoms with E-state index < -0.39 is 0 Å². The van der Waals surface area contributed by atoms with E-state index in [0.29, 0.717) is 0 Å². The maximum absolute atomic E-state index is 2.82. The molecule has 3 rings (SSSR count). The second-order valence-electron chi connectivity index (χ2n) is 9.49. The predicted octanol–water partition coefficient (Wildman–Crippen LogP) is 4.50. The first-order chi connectivity index (χ1) is 11.0. The topological polar surface area (TPSA) is 6.48 Å². The number of hydrogen-bond donors (Lipinski definition) is 0. The summed E-state index contributed by atoms with van der Waals surface area (Å²) in [5.41, 5.74) is 0. The largest absolute Gasteiger partial charge is 0.303 e. The summed E-state index contributed by atoms with van der Waals surface area (Å²) in [7, 11) is 0. The summed E-state index contributed by atoms with van der Waals surface area (Å²) in [6.45, 7) is 16.5. The first kappa shape index (κ1) is 17.7. The lowest BCUT2D eigenvalue weighted by Crippen LogP contribution is -2.51. The van der Waals surface area contributed by atoms with E-state index in [1.165, 1.54) is 71.2 Å². The van der Waals surface area contributed by atoms with Crippen LogP contribution in [-0.4, -0.2) is 48.6 Å². The molecule has 2 heteroatoms. The molecule has 23 heavy (non-hydrogen) atoms. The molecule has 0 spiro atoms. The van der Waals surface area contributed by atoms with Crippen molar-refractivity contribution in [3.63, 3.8) is 0 Å². The molecule has 2 saturated heterocycles. The van der Waals surface area contributed by atoms with Crippen LogP contribution in [0.2, 0.25) is 0 Å². The number of nitrogens with zero attached hydrogens (tertiary/aromatic N) is 2. The van der Waals surface area contributed by atoms with Gasteiger partial charge >= 0.3 is 0 Å².